The van der Waals surface area contributed by atoms with Crippen LogP contribution in [0.15, 0.2) is 58.9 Å². The molecule has 26 heavy (non-hydrogen) atoms. The van der Waals surface area contributed by atoms with E-state index in [0.717, 1.165) is 25.2 Å². The van der Waals surface area contributed by atoms with Crippen molar-refractivity contribution < 1.29 is 0 Å². The lowest BCUT2D eigenvalue weighted by atomic mass is 9.73. The van der Waals surface area contributed by atoms with Crippen LogP contribution in [0.1, 0.15) is 73.1 Å². The predicted octanol–water partition coefficient (Wildman–Crippen LogP) is 6.96. The Morgan fingerprint density at radius 2 is 2.04 bits per heavy atom. The van der Waals surface area contributed by atoms with E-state index in [0.29, 0.717) is 5.41 Å². The van der Waals surface area contributed by atoms with Crippen molar-refractivity contribution in [3.63, 3.8) is 0 Å². The molecule has 3 rings (SSSR count). The molecule has 0 bridgehead atoms. The maximum absolute atomic E-state index is 2.62. The van der Waals surface area contributed by atoms with Gasteiger partial charge in [0.25, 0.3) is 0 Å². The van der Waals surface area contributed by atoms with E-state index >= 15 is 0 Å². The molecule has 0 aliphatic heterocycles. The van der Waals surface area contributed by atoms with Crippen molar-refractivity contribution in [1.82, 2.24) is 4.90 Å². The van der Waals surface area contributed by atoms with Gasteiger partial charge in [-0.2, -0.15) is 0 Å². The third-order valence-electron chi connectivity index (χ3n) is 7.19. The largest absolute Gasteiger partial charge is 0.366 e. The zero-order valence-corrected chi connectivity index (χ0v) is 17.7. The Bertz CT molecular complexity index is 698. The van der Waals surface area contributed by atoms with Crippen molar-refractivity contribution in [3.05, 3.63) is 58.9 Å². The highest BCUT2D eigenvalue weighted by molar-refractivity contribution is 5.41. The smallest absolute Gasteiger partial charge is 0.0560 e. The van der Waals surface area contributed by atoms with Gasteiger partial charge >= 0.3 is 0 Å². The molecule has 1 nitrogen and oxygen atoms in total. The highest BCUT2D eigenvalue weighted by atomic mass is 15.2. The van der Waals surface area contributed by atoms with Gasteiger partial charge in [-0.3, -0.25) is 0 Å². The van der Waals surface area contributed by atoms with E-state index in [-0.39, 0.29) is 5.54 Å². The zero-order valence-electron chi connectivity index (χ0n) is 17.7. The second kappa shape index (κ2) is 7.25. The maximum atomic E-state index is 2.62. The molecule has 0 heterocycles. The summed E-state index contributed by atoms with van der Waals surface area (Å²) >= 11 is 0. The molecule has 142 valence electrons. The summed E-state index contributed by atoms with van der Waals surface area (Å²) in [4.78, 5) is 2.55. The van der Waals surface area contributed by atoms with Crippen LogP contribution in [0.2, 0.25) is 0 Å². The van der Waals surface area contributed by atoms with Gasteiger partial charge in [-0.05, 0) is 75.4 Å². The lowest BCUT2D eigenvalue weighted by Gasteiger charge is -2.45. The second-order valence-electron chi connectivity index (χ2n) is 9.28. The summed E-state index contributed by atoms with van der Waals surface area (Å²) in [5, 5.41) is 0. The summed E-state index contributed by atoms with van der Waals surface area (Å²) in [6.07, 6.45) is 21.8. The fraction of sp³-hybridized carbons (Fsp3) is 0.600. The van der Waals surface area contributed by atoms with Crippen LogP contribution in [0.3, 0.4) is 0 Å². The Morgan fingerprint density at radius 1 is 1.27 bits per heavy atom. The molecule has 1 fully saturated rings. The Kier molecular flexibility index (Phi) is 5.37. The highest BCUT2D eigenvalue weighted by Gasteiger charge is 2.41. The van der Waals surface area contributed by atoms with E-state index in [1.165, 1.54) is 36.1 Å². The minimum Gasteiger partial charge on any atom is -0.366 e. The molecule has 1 heteroatoms. The molecule has 0 spiro atoms. The Morgan fingerprint density at radius 3 is 2.77 bits per heavy atom. The number of rotatable bonds is 4. The third-order valence-corrected chi connectivity index (χ3v) is 7.19. The summed E-state index contributed by atoms with van der Waals surface area (Å²) in [7, 11) is 2.30. The summed E-state index contributed by atoms with van der Waals surface area (Å²) in [5.41, 5.74) is 6.32. The Balaban J connectivity index is 1.94. The van der Waals surface area contributed by atoms with Gasteiger partial charge in [0.1, 0.15) is 0 Å². The lowest BCUT2D eigenvalue weighted by molar-refractivity contribution is 0.233. The van der Waals surface area contributed by atoms with Crippen LogP contribution < -0.4 is 0 Å². The summed E-state index contributed by atoms with van der Waals surface area (Å²) in [5.74, 6) is 0.742. The summed E-state index contributed by atoms with van der Waals surface area (Å²) in [6, 6.07) is 0. The highest BCUT2D eigenvalue weighted by Crippen LogP contribution is 2.50. The molecule has 0 saturated heterocycles. The van der Waals surface area contributed by atoms with Gasteiger partial charge in [0.05, 0.1) is 5.54 Å². The van der Waals surface area contributed by atoms with E-state index in [9.17, 15) is 0 Å². The van der Waals surface area contributed by atoms with E-state index in [1.54, 1.807) is 5.57 Å². The molecule has 1 unspecified atom stereocenters. The van der Waals surface area contributed by atoms with Gasteiger partial charge in [-0.15, -0.1) is 0 Å². The van der Waals surface area contributed by atoms with Crippen LogP contribution in [0, 0.1) is 11.3 Å². The number of likely N-dealkylation sites (N-methyl/N-ethyl adjacent to an activating group) is 1. The van der Waals surface area contributed by atoms with Gasteiger partial charge in [-0.25, -0.2) is 0 Å². The second-order valence-corrected chi connectivity index (χ2v) is 9.28. The molecular weight excluding hydrogens is 314 g/mol. The molecule has 3 aliphatic rings. The van der Waals surface area contributed by atoms with E-state index in [4.69, 9.17) is 0 Å². The van der Waals surface area contributed by atoms with Crippen molar-refractivity contribution in [2.24, 2.45) is 11.3 Å². The Hall–Kier alpha value is -1.50. The first-order chi connectivity index (χ1) is 12.3. The van der Waals surface area contributed by atoms with Crippen molar-refractivity contribution in [3.8, 4) is 0 Å². The van der Waals surface area contributed by atoms with Gasteiger partial charge in [0.2, 0.25) is 0 Å². The molecule has 0 N–H and O–H groups in total. The molecule has 0 radical (unpaired) electrons. The third kappa shape index (κ3) is 3.50. The van der Waals surface area contributed by atoms with Crippen LogP contribution in [0.5, 0.6) is 0 Å². The van der Waals surface area contributed by atoms with Crippen molar-refractivity contribution in [2.75, 3.05) is 7.05 Å². The standard InChI is InChI=1S/C25H37N/c1-7-20-17-22-13-10-16-25(22,5)18-23(20)26(6)24(3,4)21-12-9-8-11-19(2)14-15-21/h8-9,12,14,17-18,22H,7,10-11,13,15-16H2,1-6H3/b9-8?,19-14-,21-12+/t22?,25-/m1/s1. The van der Waals surface area contributed by atoms with Gasteiger partial charge < -0.3 is 4.90 Å². The Labute approximate surface area is 161 Å². The zero-order chi connectivity index (χ0) is 18.9. The number of allylic oxidation sites excluding steroid dienone is 8. The quantitative estimate of drug-likeness (QED) is 0.495. The first-order valence-electron chi connectivity index (χ1n) is 10.5. The molecule has 3 aliphatic carbocycles. The molecule has 0 aromatic rings. The van der Waals surface area contributed by atoms with Gasteiger partial charge in [0.15, 0.2) is 0 Å². The van der Waals surface area contributed by atoms with Crippen molar-refractivity contribution in [1.29, 1.82) is 0 Å². The summed E-state index contributed by atoms with van der Waals surface area (Å²) in [6.45, 7) is 11.8. The number of fused-ring (bicyclic) bond motifs is 1. The summed E-state index contributed by atoms with van der Waals surface area (Å²) < 4.78 is 0. The fourth-order valence-electron chi connectivity index (χ4n) is 4.86. The molecular formula is C25H37N. The van der Waals surface area contributed by atoms with Crippen LogP contribution in [0.4, 0.5) is 0 Å². The lowest BCUT2D eigenvalue weighted by Crippen LogP contribution is -2.44. The van der Waals surface area contributed by atoms with Gasteiger partial charge in [0, 0.05) is 12.7 Å². The molecule has 2 atom stereocenters. The fourth-order valence-corrected chi connectivity index (χ4v) is 4.86. The van der Waals surface area contributed by atoms with Crippen LogP contribution >= 0.6 is 0 Å². The number of hydrogen-bond donors (Lipinski definition) is 0. The average molecular weight is 352 g/mol. The van der Waals surface area contributed by atoms with Crippen LogP contribution in [-0.4, -0.2) is 17.5 Å². The van der Waals surface area contributed by atoms with Crippen LogP contribution in [-0.2, 0) is 0 Å². The van der Waals surface area contributed by atoms with Crippen molar-refractivity contribution in [2.45, 2.75) is 78.7 Å². The number of nitrogens with zero attached hydrogens (tertiary/aromatic N) is 1. The molecule has 0 aromatic heterocycles. The average Bonchev–Trinajstić information content (AvgIpc) is 2.96. The first-order valence-corrected chi connectivity index (χ1v) is 10.5. The van der Waals surface area contributed by atoms with E-state index < -0.39 is 0 Å². The molecule has 1 saturated carbocycles. The first kappa shape index (κ1) is 19.3. The van der Waals surface area contributed by atoms with E-state index in [2.05, 4.69) is 83.0 Å². The minimum atomic E-state index is 0.000351. The predicted molar refractivity (Wildman–Crippen MR) is 114 cm³/mol. The normalized spacial score (nSPS) is 33.1. The van der Waals surface area contributed by atoms with E-state index in [1.807, 2.05) is 0 Å². The molecule has 0 aromatic carbocycles. The maximum Gasteiger partial charge on any atom is 0.0560 e. The van der Waals surface area contributed by atoms with Crippen molar-refractivity contribution >= 4 is 0 Å². The van der Waals surface area contributed by atoms with Gasteiger partial charge in [-0.1, -0.05) is 62.3 Å². The SMILES string of the molecule is CCC1=CC2CCC[C@]2(C)C=C1N(C)C(C)(C)/C1=C/C=CC/C(C)=C\C1. The minimum absolute atomic E-state index is 0.000351. The number of hydrogen-bond acceptors (Lipinski definition) is 1. The monoisotopic (exact) mass is 351 g/mol. The van der Waals surface area contributed by atoms with Crippen LogP contribution in [0.25, 0.3) is 0 Å². The topological polar surface area (TPSA) is 3.24 Å². The molecule has 0 amide bonds.